The zero-order valence-electron chi connectivity index (χ0n) is 11.8. The van der Waals surface area contributed by atoms with Crippen molar-refractivity contribution < 1.29 is 23.7 Å². The molecule has 0 unspecified atom stereocenters. The van der Waals surface area contributed by atoms with Crippen molar-refractivity contribution in [3.05, 3.63) is 52.0 Å². The quantitative estimate of drug-likeness (QED) is 0.776. The van der Waals surface area contributed by atoms with Gasteiger partial charge in [-0.1, -0.05) is 22.0 Å². The summed E-state index contributed by atoms with van der Waals surface area (Å²) in [5.74, 6) is 1.61. The topological polar surface area (TPSA) is 54.0 Å². The van der Waals surface area contributed by atoms with E-state index in [1.807, 2.05) is 12.1 Å². The first-order valence-corrected chi connectivity index (χ1v) is 7.36. The summed E-state index contributed by atoms with van der Waals surface area (Å²) in [4.78, 5) is 11.5. The Bertz CT molecular complexity index is 714. The van der Waals surface area contributed by atoms with Gasteiger partial charge in [0, 0.05) is 10.0 Å². The van der Waals surface area contributed by atoms with Crippen LogP contribution in [-0.2, 0) is 11.3 Å². The van der Waals surface area contributed by atoms with E-state index < -0.39 is 5.97 Å². The highest BCUT2D eigenvalue weighted by Gasteiger charge is 2.16. The fraction of sp³-hybridized carbons (Fsp3) is 0.188. The van der Waals surface area contributed by atoms with Gasteiger partial charge in [-0.15, -0.1) is 0 Å². The van der Waals surface area contributed by atoms with Crippen LogP contribution in [0.15, 0.2) is 40.9 Å². The lowest BCUT2D eigenvalue weighted by atomic mass is 10.2. The van der Waals surface area contributed by atoms with E-state index in [4.69, 9.17) is 18.9 Å². The van der Waals surface area contributed by atoms with Gasteiger partial charge in [0.25, 0.3) is 0 Å². The van der Waals surface area contributed by atoms with Gasteiger partial charge in [-0.2, -0.15) is 0 Å². The molecule has 114 valence electrons. The Morgan fingerprint density at radius 1 is 1.23 bits per heavy atom. The van der Waals surface area contributed by atoms with E-state index in [9.17, 15) is 4.79 Å². The Balaban J connectivity index is 1.74. The zero-order chi connectivity index (χ0) is 15.5. The van der Waals surface area contributed by atoms with Gasteiger partial charge in [-0.05, 0) is 30.3 Å². The molecule has 3 rings (SSSR count). The summed E-state index contributed by atoms with van der Waals surface area (Å²) in [5, 5.41) is 0. The molecule has 0 atom stereocenters. The molecule has 2 aromatic rings. The number of carbonyl (C=O) groups is 1. The van der Waals surface area contributed by atoms with Gasteiger partial charge in [0.2, 0.25) is 6.79 Å². The summed E-state index contributed by atoms with van der Waals surface area (Å²) in [5.41, 5.74) is 1.37. The lowest BCUT2D eigenvalue weighted by Gasteiger charge is -2.10. The van der Waals surface area contributed by atoms with E-state index in [1.54, 1.807) is 24.3 Å². The molecule has 22 heavy (non-hydrogen) atoms. The smallest absolute Gasteiger partial charge is 0.337 e. The lowest BCUT2D eigenvalue weighted by molar-refractivity contribution is 0.0600. The fourth-order valence-electron chi connectivity index (χ4n) is 2.06. The van der Waals surface area contributed by atoms with Crippen LogP contribution in [0.4, 0.5) is 0 Å². The summed E-state index contributed by atoms with van der Waals surface area (Å²) in [6, 6.07) is 10.6. The molecule has 1 heterocycles. The SMILES string of the molecule is COC(=O)c1cccc(OCc2cc3c(cc2Br)OCO3)c1. The second-order valence-electron chi connectivity index (χ2n) is 4.60. The number of fused-ring (bicyclic) bond motifs is 1. The van der Waals surface area contributed by atoms with Crippen LogP contribution in [0.5, 0.6) is 17.2 Å². The molecule has 5 nitrogen and oxygen atoms in total. The molecule has 0 aromatic heterocycles. The van der Waals surface area contributed by atoms with Crippen molar-refractivity contribution in [2.45, 2.75) is 6.61 Å². The summed E-state index contributed by atoms with van der Waals surface area (Å²) in [6.07, 6.45) is 0. The Morgan fingerprint density at radius 2 is 2.00 bits per heavy atom. The van der Waals surface area contributed by atoms with E-state index in [2.05, 4.69) is 15.9 Å². The third-order valence-electron chi connectivity index (χ3n) is 3.19. The van der Waals surface area contributed by atoms with E-state index in [0.29, 0.717) is 29.4 Å². The molecule has 0 bridgehead atoms. The Hall–Kier alpha value is -2.21. The van der Waals surface area contributed by atoms with Crippen LogP contribution >= 0.6 is 15.9 Å². The van der Waals surface area contributed by atoms with E-state index in [1.165, 1.54) is 7.11 Å². The molecular formula is C16H13BrO5. The van der Waals surface area contributed by atoms with Crippen LogP contribution < -0.4 is 14.2 Å². The number of hydrogen-bond donors (Lipinski definition) is 0. The number of ether oxygens (including phenoxy) is 4. The molecule has 0 amide bonds. The number of halogens is 1. The van der Waals surface area contributed by atoms with Crippen LogP contribution in [-0.4, -0.2) is 19.9 Å². The summed E-state index contributed by atoms with van der Waals surface area (Å²) in [7, 11) is 1.35. The van der Waals surface area contributed by atoms with Crippen molar-refractivity contribution in [2.75, 3.05) is 13.9 Å². The molecule has 0 saturated heterocycles. The van der Waals surface area contributed by atoms with Crippen LogP contribution in [0.1, 0.15) is 15.9 Å². The Labute approximate surface area is 135 Å². The first-order valence-electron chi connectivity index (χ1n) is 6.56. The second-order valence-corrected chi connectivity index (χ2v) is 5.46. The minimum atomic E-state index is -0.394. The minimum absolute atomic E-state index is 0.229. The van der Waals surface area contributed by atoms with Crippen LogP contribution in [0.2, 0.25) is 0 Å². The van der Waals surface area contributed by atoms with E-state index in [0.717, 1.165) is 10.0 Å². The van der Waals surface area contributed by atoms with Crippen LogP contribution in [0.25, 0.3) is 0 Å². The van der Waals surface area contributed by atoms with Crippen LogP contribution in [0, 0.1) is 0 Å². The lowest BCUT2D eigenvalue weighted by Crippen LogP contribution is -2.02. The maximum atomic E-state index is 11.5. The molecule has 0 fully saturated rings. The largest absolute Gasteiger partial charge is 0.489 e. The highest BCUT2D eigenvalue weighted by atomic mass is 79.9. The van der Waals surface area contributed by atoms with Crippen molar-refractivity contribution >= 4 is 21.9 Å². The second kappa shape index (κ2) is 6.27. The van der Waals surface area contributed by atoms with Gasteiger partial charge in [-0.3, -0.25) is 0 Å². The van der Waals surface area contributed by atoms with E-state index >= 15 is 0 Å². The van der Waals surface area contributed by atoms with Crippen molar-refractivity contribution in [1.82, 2.24) is 0 Å². The molecule has 0 saturated carbocycles. The van der Waals surface area contributed by atoms with Crippen molar-refractivity contribution in [2.24, 2.45) is 0 Å². The van der Waals surface area contributed by atoms with Gasteiger partial charge < -0.3 is 18.9 Å². The summed E-state index contributed by atoms with van der Waals surface area (Å²) < 4.78 is 22.0. The maximum Gasteiger partial charge on any atom is 0.337 e. The normalized spacial score (nSPS) is 12.1. The summed E-state index contributed by atoms with van der Waals surface area (Å²) >= 11 is 3.48. The third-order valence-corrected chi connectivity index (χ3v) is 3.93. The Morgan fingerprint density at radius 3 is 2.77 bits per heavy atom. The third kappa shape index (κ3) is 3.01. The predicted octanol–water partition coefficient (Wildman–Crippen LogP) is 3.54. The number of methoxy groups -OCH3 is 1. The number of esters is 1. The highest BCUT2D eigenvalue weighted by Crippen LogP contribution is 2.37. The molecule has 0 aliphatic carbocycles. The number of hydrogen-bond acceptors (Lipinski definition) is 5. The first-order chi connectivity index (χ1) is 10.7. The molecule has 0 spiro atoms. The number of benzene rings is 2. The number of rotatable bonds is 4. The fourth-order valence-corrected chi connectivity index (χ4v) is 2.50. The predicted molar refractivity (Wildman–Crippen MR) is 82.4 cm³/mol. The molecule has 1 aliphatic rings. The molecule has 0 radical (unpaired) electrons. The van der Waals surface area contributed by atoms with Crippen molar-refractivity contribution in [3.63, 3.8) is 0 Å². The maximum absolute atomic E-state index is 11.5. The molecule has 1 aliphatic heterocycles. The zero-order valence-corrected chi connectivity index (χ0v) is 13.4. The van der Waals surface area contributed by atoms with Gasteiger partial charge in [-0.25, -0.2) is 4.79 Å². The Kier molecular flexibility index (Phi) is 4.20. The first kappa shape index (κ1) is 14.7. The van der Waals surface area contributed by atoms with Crippen LogP contribution in [0.3, 0.4) is 0 Å². The standard InChI is InChI=1S/C16H13BrO5/c1-19-16(18)10-3-2-4-12(5-10)20-8-11-6-14-15(7-13(11)17)22-9-21-14/h2-7H,8-9H2,1H3. The molecule has 0 N–H and O–H groups in total. The molecular weight excluding hydrogens is 352 g/mol. The monoisotopic (exact) mass is 364 g/mol. The minimum Gasteiger partial charge on any atom is -0.489 e. The number of carbonyl (C=O) groups excluding carboxylic acids is 1. The summed E-state index contributed by atoms with van der Waals surface area (Å²) in [6.45, 7) is 0.565. The van der Waals surface area contributed by atoms with Crippen molar-refractivity contribution in [1.29, 1.82) is 0 Å². The van der Waals surface area contributed by atoms with Crippen molar-refractivity contribution in [3.8, 4) is 17.2 Å². The average molecular weight is 365 g/mol. The van der Waals surface area contributed by atoms with Gasteiger partial charge in [0.15, 0.2) is 11.5 Å². The van der Waals surface area contributed by atoms with Gasteiger partial charge in [0.05, 0.1) is 12.7 Å². The van der Waals surface area contributed by atoms with Gasteiger partial charge in [0.1, 0.15) is 12.4 Å². The molecule has 2 aromatic carbocycles. The van der Waals surface area contributed by atoms with Gasteiger partial charge >= 0.3 is 5.97 Å². The highest BCUT2D eigenvalue weighted by molar-refractivity contribution is 9.10. The molecule has 6 heteroatoms. The van der Waals surface area contributed by atoms with E-state index in [-0.39, 0.29) is 6.79 Å². The average Bonchev–Trinajstić information content (AvgIpc) is 2.99.